The number of fused-ring (bicyclic) bond motifs is 1. The second kappa shape index (κ2) is 7.40. The van der Waals surface area contributed by atoms with Gasteiger partial charge in [0.2, 0.25) is 0 Å². The van der Waals surface area contributed by atoms with E-state index in [4.69, 9.17) is 4.74 Å². The maximum atomic E-state index is 13.0. The number of hydrogen-bond acceptors (Lipinski definition) is 5. The molecule has 0 saturated carbocycles. The molecule has 2 aromatic rings. The lowest BCUT2D eigenvalue weighted by molar-refractivity contribution is 0.0297. The largest absolute Gasteiger partial charge is 0.375 e. The van der Waals surface area contributed by atoms with Gasteiger partial charge in [-0.05, 0) is 57.5 Å². The monoisotopic (exact) mass is 359 g/mol. The third kappa shape index (κ3) is 3.86. The summed E-state index contributed by atoms with van der Waals surface area (Å²) in [5.41, 5.74) is 1.66. The minimum Gasteiger partial charge on any atom is -0.375 e. The number of ether oxygens (including phenoxy) is 1. The number of amides is 1. The molecule has 0 unspecified atom stereocenters. The third-order valence-corrected chi connectivity index (χ3v) is 5.99. The van der Waals surface area contributed by atoms with Crippen LogP contribution in [-0.2, 0) is 4.74 Å². The molecule has 134 valence electrons. The Morgan fingerprint density at radius 1 is 1.28 bits per heavy atom. The van der Waals surface area contributed by atoms with Gasteiger partial charge in [-0.3, -0.25) is 4.79 Å². The molecule has 0 bridgehead atoms. The molecule has 2 aliphatic heterocycles. The summed E-state index contributed by atoms with van der Waals surface area (Å²) in [5.74, 6) is 0.101. The van der Waals surface area contributed by atoms with Crippen LogP contribution in [0.4, 0.5) is 0 Å². The van der Waals surface area contributed by atoms with Crippen molar-refractivity contribution in [2.24, 2.45) is 0 Å². The molecule has 25 heavy (non-hydrogen) atoms. The third-order valence-electron chi connectivity index (χ3n) is 5.04. The normalized spacial score (nSPS) is 22.4. The zero-order valence-corrected chi connectivity index (χ0v) is 15.6. The minimum atomic E-state index is 0.101. The summed E-state index contributed by atoms with van der Waals surface area (Å²) >= 11 is 1.67. The lowest BCUT2D eigenvalue weighted by Gasteiger charge is -2.27. The molecule has 1 atom stereocenters. The van der Waals surface area contributed by atoms with E-state index in [9.17, 15) is 4.79 Å². The number of aromatic nitrogens is 1. The van der Waals surface area contributed by atoms with Crippen molar-refractivity contribution in [2.75, 3.05) is 39.3 Å². The van der Waals surface area contributed by atoms with E-state index in [-0.39, 0.29) is 12.0 Å². The van der Waals surface area contributed by atoms with E-state index in [1.807, 2.05) is 30.0 Å². The van der Waals surface area contributed by atoms with E-state index in [2.05, 4.69) is 9.88 Å². The fourth-order valence-electron chi connectivity index (χ4n) is 3.80. The van der Waals surface area contributed by atoms with Gasteiger partial charge < -0.3 is 14.5 Å². The molecular weight excluding hydrogens is 334 g/mol. The van der Waals surface area contributed by atoms with Gasteiger partial charge in [-0.1, -0.05) is 0 Å². The van der Waals surface area contributed by atoms with Crippen molar-refractivity contribution < 1.29 is 9.53 Å². The van der Waals surface area contributed by atoms with E-state index in [0.717, 1.165) is 60.0 Å². The van der Waals surface area contributed by atoms with Gasteiger partial charge in [-0.25, -0.2) is 4.98 Å². The number of hydrogen-bond donors (Lipinski definition) is 0. The van der Waals surface area contributed by atoms with Gasteiger partial charge >= 0.3 is 0 Å². The maximum absolute atomic E-state index is 13.0. The quantitative estimate of drug-likeness (QED) is 0.845. The van der Waals surface area contributed by atoms with Crippen LogP contribution >= 0.6 is 11.3 Å². The average molecular weight is 359 g/mol. The molecule has 3 heterocycles. The number of benzene rings is 1. The zero-order chi connectivity index (χ0) is 17.2. The van der Waals surface area contributed by atoms with Crippen molar-refractivity contribution in [2.45, 2.75) is 32.3 Å². The fraction of sp³-hybridized carbons (Fsp3) is 0.579. The van der Waals surface area contributed by atoms with Crippen LogP contribution < -0.4 is 0 Å². The first-order chi connectivity index (χ1) is 12.2. The number of carbonyl (C=O) groups excluding carboxylic acids is 1. The second-order valence-electron chi connectivity index (χ2n) is 7.02. The molecule has 1 aromatic carbocycles. The van der Waals surface area contributed by atoms with Gasteiger partial charge in [0.05, 0.1) is 21.3 Å². The standard InChI is InChI=1S/C19H25N3O2S/c1-14-20-17-11-15(5-6-18(17)25-14)19(23)22-9-4-10-24-16(13-22)12-21-7-2-3-8-21/h5-6,11,16H,2-4,7-10,12-13H2,1H3/t16-/m1/s1. The zero-order valence-electron chi connectivity index (χ0n) is 14.7. The predicted molar refractivity (Wildman–Crippen MR) is 100 cm³/mol. The first-order valence-electron chi connectivity index (χ1n) is 9.19. The molecule has 2 aliphatic rings. The van der Waals surface area contributed by atoms with E-state index in [1.165, 1.54) is 12.8 Å². The van der Waals surface area contributed by atoms with Crippen molar-refractivity contribution in [1.29, 1.82) is 0 Å². The van der Waals surface area contributed by atoms with Gasteiger partial charge in [0.25, 0.3) is 5.91 Å². The molecule has 0 N–H and O–H groups in total. The number of aryl methyl sites for hydroxylation is 1. The van der Waals surface area contributed by atoms with Crippen LogP contribution in [-0.4, -0.2) is 66.1 Å². The van der Waals surface area contributed by atoms with Crippen molar-refractivity contribution in [3.63, 3.8) is 0 Å². The Kier molecular flexibility index (Phi) is 5.01. The Balaban J connectivity index is 1.48. The molecule has 1 aromatic heterocycles. The molecule has 4 rings (SSSR count). The van der Waals surface area contributed by atoms with Crippen molar-refractivity contribution >= 4 is 27.5 Å². The maximum Gasteiger partial charge on any atom is 0.254 e. The molecule has 0 aliphatic carbocycles. The Bertz CT molecular complexity index is 754. The van der Waals surface area contributed by atoms with E-state index in [0.29, 0.717) is 6.54 Å². The molecule has 2 fully saturated rings. The second-order valence-corrected chi connectivity index (χ2v) is 8.26. The van der Waals surface area contributed by atoms with Crippen LogP contribution in [0.3, 0.4) is 0 Å². The molecular formula is C19H25N3O2S. The van der Waals surface area contributed by atoms with Gasteiger partial charge in [-0.15, -0.1) is 11.3 Å². The highest BCUT2D eigenvalue weighted by Crippen LogP contribution is 2.23. The fourth-order valence-corrected chi connectivity index (χ4v) is 4.61. The van der Waals surface area contributed by atoms with Gasteiger partial charge in [0.1, 0.15) is 0 Å². The average Bonchev–Trinajstić information content (AvgIpc) is 3.17. The Morgan fingerprint density at radius 2 is 2.12 bits per heavy atom. The smallest absolute Gasteiger partial charge is 0.254 e. The molecule has 2 saturated heterocycles. The molecule has 0 radical (unpaired) electrons. The minimum absolute atomic E-state index is 0.101. The van der Waals surface area contributed by atoms with E-state index < -0.39 is 0 Å². The molecule has 6 heteroatoms. The van der Waals surface area contributed by atoms with Crippen LogP contribution in [0.25, 0.3) is 10.2 Å². The van der Waals surface area contributed by atoms with Crippen LogP contribution in [0, 0.1) is 6.92 Å². The van der Waals surface area contributed by atoms with Crippen LogP contribution in [0.15, 0.2) is 18.2 Å². The van der Waals surface area contributed by atoms with E-state index in [1.54, 1.807) is 11.3 Å². The van der Waals surface area contributed by atoms with Crippen molar-refractivity contribution in [1.82, 2.24) is 14.8 Å². The number of likely N-dealkylation sites (tertiary alicyclic amines) is 1. The first kappa shape index (κ1) is 16.9. The highest BCUT2D eigenvalue weighted by atomic mass is 32.1. The number of nitrogens with zero attached hydrogens (tertiary/aromatic N) is 3. The highest BCUT2D eigenvalue weighted by molar-refractivity contribution is 7.18. The number of thiazole rings is 1. The van der Waals surface area contributed by atoms with E-state index >= 15 is 0 Å². The van der Waals surface area contributed by atoms with Crippen LogP contribution in [0.2, 0.25) is 0 Å². The number of rotatable bonds is 3. The van der Waals surface area contributed by atoms with Crippen LogP contribution in [0.5, 0.6) is 0 Å². The Morgan fingerprint density at radius 3 is 2.96 bits per heavy atom. The van der Waals surface area contributed by atoms with Gasteiger partial charge in [0, 0.05) is 31.8 Å². The summed E-state index contributed by atoms with van der Waals surface area (Å²) in [6.07, 6.45) is 3.58. The lowest BCUT2D eigenvalue weighted by atomic mass is 10.1. The topological polar surface area (TPSA) is 45.7 Å². The van der Waals surface area contributed by atoms with Gasteiger partial charge in [0.15, 0.2) is 0 Å². The summed E-state index contributed by atoms with van der Waals surface area (Å²) in [4.78, 5) is 22.0. The summed E-state index contributed by atoms with van der Waals surface area (Å²) in [7, 11) is 0. The van der Waals surface area contributed by atoms with Crippen molar-refractivity contribution in [3.05, 3.63) is 28.8 Å². The SMILES string of the molecule is Cc1nc2cc(C(=O)N3CCCO[C@H](CN4CCCC4)C3)ccc2s1. The summed E-state index contributed by atoms with van der Waals surface area (Å²) in [5, 5.41) is 1.04. The predicted octanol–water partition coefficient (Wildman–Crippen LogP) is 2.93. The highest BCUT2D eigenvalue weighted by Gasteiger charge is 2.26. The van der Waals surface area contributed by atoms with Crippen molar-refractivity contribution in [3.8, 4) is 0 Å². The molecule has 5 nitrogen and oxygen atoms in total. The molecule has 1 amide bonds. The Hall–Kier alpha value is -1.50. The first-order valence-corrected chi connectivity index (χ1v) is 10.0. The van der Waals surface area contributed by atoms with Crippen LogP contribution in [0.1, 0.15) is 34.6 Å². The Labute approximate surface area is 152 Å². The number of carbonyl (C=O) groups is 1. The molecule has 0 spiro atoms. The summed E-state index contributed by atoms with van der Waals surface area (Å²) in [6, 6.07) is 5.88. The summed E-state index contributed by atoms with van der Waals surface area (Å²) < 4.78 is 7.15. The summed E-state index contributed by atoms with van der Waals surface area (Å²) in [6.45, 7) is 7.45. The lowest BCUT2D eigenvalue weighted by Crippen LogP contribution is -2.41. The van der Waals surface area contributed by atoms with Gasteiger partial charge in [-0.2, -0.15) is 0 Å².